The van der Waals surface area contributed by atoms with Gasteiger partial charge in [0.05, 0.1) is 28.4 Å². The highest BCUT2D eigenvalue weighted by molar-refractivity contribution is 7.98. The standard InChI is InChI=1S/C21H19FN6OS/c22-14-9-11-15(12-10-14)27-19(23-18-8-4-3-7-17(18)20(27)29)13-30-21-24-25-26-28(21)16-5-1-2-6-16/h3-4,7-12,16H,1-2,5-6,13H2. The number of hydrogen-bond acceptors (Lipinski definition) is 6. The molecule has 30 heavy (non-hydrogen) atoms. The van der Waals surface area contributed by atoms with Crippen molar-refractivity contribution in [2.24, 2.45) is 0 Å². The van der Waals surface area contributed by atoms with Crippen LogP contribution in [0.2, 0.25) is 0 Å². The second-order valence-electron chi connectivity index (χ2n) is 7.30. The summed E-state index contributed by atoms with van der Waals surface area (Å²) in [7, 11) is 0. The molecule has 2 heterocycles. The van der Waals surface area contributed by atoms with Gasteiger partial charge in [0.25, 0.3) is 5.56 Å². The average molecular weight is 422 g/mol. The van der Waals surface area contributed by atoms with Gasteiger partial charge in [0.15, 0.2) is 0 Å². The van der Waals surface area contributed by atoms with E-state index in [0.29, 0.717) is 34.2 Å². The minimum absolute atomic E-state index is 0.182. The van der Waals surface area contributed by atoms with E-state index < -0.39 is 0 Å². The molecule has 9 heteroatoms. The van der Waals surface area contributed by atoms with Gasteiger partial charge >= 0.3 is 0 Å². The van der Waals surface area contributed by atoms with Gasteiger partial charge in [0.2, 0.25) is 5.16 Å². The second kappa shape index (κ2) is 7.98. The lowest BCUT2D eigenvalue weighted by Gasteiger charge is -2.14. The minimum atomic E-state index is -0.354. The van der Waals surface area contributed by atoms with Gasteiger partial charge in [-0.15, -0.1) is 5.10 Å². The van der Waals surface area contributed by atoms with Gasteiger partial charge in [-0.3, -0.25) is 9.36 Å². The maximum absolute atomic E-state index is 13.5. The highest BCUT2D eigenvalue weighted by Crippen LogP contribution is 2.32. The molecule has 4 aromatic rings. The Labute approximate surface area is 175 Å². The molecule has 0 amide bonds. The van der Waals surface area contributed by atoms with Crippen LogP contribution in [-0.2, 0) is 5.75 Å². The first-order chi connectivity index (χ1) is 14.7. The van der Waals surface area contributed by atoms with E-state index in [1.54, 1.807) is 22.8 Å². The summed E-state index contributed by atoms with van der Waals surface area (Å²) in [5.74, 6) is 0.619. The van der Waals surface area contributed by atoms with Crippen molar-refractivity contribution in [1.29, 1.82) is 0 Å². The van der Waals surface area contributed by atoms with Crippen molar-refractivity contribution in [3.05, 3.63) is 70.5 Å². The van der Waals surface area contributed by atoms with E-state index in [1.165, 1.54) is 36.7 Å². The van der Waals surface area contributed by atoms with Crippen molar-refractivity contribution in [3.63, 3.8) is 0 Å². The lowest BCUT2D eigenvalue weighted by molar-refractivity contribution is 0.423. The summed E-state index contributed by atoms with van der Waals surface area (Å²) in [6.07, 6.45) is 4.52. The van der Waals surface area contributed by atoms with Crippen LogP contribution in [0.5, 0.6) is 0 Å². The molecule has 0 N–H and O–H groups in total. The smallest absolute Gasteiger partial charge is 0.265 e. The van der Waals surface area contributed by atoms with E-state index in [-0.39, 0.29) is 11.4 Å². The highest BCUT2D eigenvalue weighted by Gasteiger charge is 2.22. The van der Waals surface area contributed by atoms with Crippen molar-refractivity contribution in [2.75, 3.05) is 0 Å². The zero-order valence-electron chi connectivity index (χ0n) is 16.1. The summed E-state index contributed by atoms with van der Waals surface area (Å²) >= 11 is 1.45. The number of nitrogens with zero attached hydrogens (tertiary/aromatic N) is 6. The Morgan fingerprint density at radius 1 is 1.07 bits per heavy atom. The third kappa shape index (κ3) is 3.49. The van der Waals surface area contributed by atoms with Gasteiger partial charge in [-0.25, -0.2) is 14.1 Å². The van der Waals surface area contributed by atoms with Crippen LogP contribution in [0.15, 0.2) is 58.5 Å². The number of halogens is 1. The van der Waals surface area contributed by atoms with Gasteiger partial charge in [-0.1, -0.05) is 36.7 Å². The number of tetrazole rings is 1. The highest BCUT2D eigenvalue weighted by atomic mass is 32.2. The predicted octanol–water partition coefficient (Wildman–Crippen LogP) is 3.92. The largest absolute Gasteiger partial charge is 0.268 e. The maximum Gasteiger partial charge on any atom is 0.265 e. The molecule has 0 atom stereocenters. The third-order valence-corrected chi connectivity index (χ3v) is 6.32. The van der Waals surface area contributed by atoms with Crippen molar-refractivity contribution < 1.29 is 4.39 Å². The lowest BCUT2D eigenvalue weighted by atomic mass is 10.2. The van der Waals surface area contributed by atoms with Crippen LogP contribution in [0.3, 0.4) is 0 Å². The first-order valence-corrected chi connectivity index (χ1v) is 10.9. The van der Waals surface area contributed by atoms with Crippen LogP contribution in [0.1, 0.15) is 37.5 Å². The van der Waals surface area contributed by atoms with E-state index in [2.05, 4.69) is 15.5 Å². The predicted molar refractivity (Wildman–Crippen MR) is 112 cm³/mol. The number of fused-ring (bicyclic) bond motifs is 1. The van der Waals surface area contributed by atoms with E-state index in [4.69, 9.17) is 4.98 Å². The summed E-state index contributed by atoms with van der Waals surface area (Å²) in [4.78, 5) is 18.0. The summed E-state index contributed by atoms with van der Waals surface area (Å²) in [5, 5.41) is 13.4. The Hall–Kier alpha value is -3.07. The molecule has 0 unspecified atom stereocenters. The molecule has 152 valence electrons. The Bertz CT molecular complexity index is 1250. The number of para-hydroxylation sites is 1. The molecule has 0 radical (unpaired) electrons. The monoisotopic (exact) mass is 422 g/mol. The first-order valence-electron chi connectivity index (χ1n) is 9.88. The molecule has 5 rings (SSSR count). The van der Waals surface area contributed by atoms with Gasteiger partial charge < -0.3 is 0 Å². The van der Waals surface area contributed by atoms with Gasteiger partial charge in [0, 0.05) is 0 Å². The molecular formula is C21H19FN6OS. The zero-order chi connectivity index (χ0) is 20.5. The Balaban J connectivity index is 1.55. The van der Waals surface area contributed by atoms with Crippen molar-refractivity contribution in [3.8, 4) is 5.69 Å². The second-order valence-corrected chi connectivity index (χ2v) is 8.24. The fraction of sp³-hybridized carbons (Fsp3) is 0.286. The Morgan fingerprint density at radius 2 is 1.83 bits per heavy atom. The molecule has 7 nitrogen and oxygen atoms in total. The van der Waals surface area contributed by atoms with E-state index >= 15 is 0 Å². The molecule has 0 bridgehead atoms. The van der Waals surface area contributed by atoms with Crippen LogP contribution < -0.4 is 5.56 Å². The number of thioether (sulfide) groups is 1. The summed E-state index contributed by atoms with van der Waals surface area (Å²) in [6.45, 7) is 0. The van der Waals surface area contributed by atoms with Crippen molar-refractivity contribution in [2.45, 2.75) is 42.6 Å². The van der Waals surface area contributed by atoms with Crippen LogP contribution in [-0.4, -0.2) is 29.8 Å². The molecule has 0 saturated heterocycles. The molecular weight excluding hydrogens is 403 g/mol. The van der Waals surface area contributed by atoms with Gasteiger partial charge in [-0.05, 0) is 59.7 Å². The normalized spacial score (nSPS) is 14.6. The molecule has 0 spiro atoms. The molecule has 1 aliphatic carbocycles. The van der Waals surface area contributed by atoms with Crippen LogP contribution in [0, 0.1) is 5.82 Å². The van der Waals surface area contributed by atoms with Gasteiger partial charge in [-0.2, -0.15) is 0 Å². The summed E-state index contributed by atoms with van der Waals surface area (Å²) in [5.41, 5.74) is 1.02. The maximum atomic E-state index is 13.5. The lowest BCUT2D eigenvalue weighted by Crippen LogP contribution is -2.23. The summed E-state index contributed by atoms with van der Waals surface area (Å²) in [6, 6.07) is 13.4. The van der Waals surface area contributed by atoms with Crippen LogP contribution >= 0.6 is 11.8 Å². The molecule has 2 aromatic carbocycles. The SMILES string of the molecule is O=c1c2ccccc2nc(CSc2nnnn2C2CCCC2)n1-c1ccc(F)cc1. The number of hydrogen-bond donors (Lipinski definition) is 0. The number of rotatable bonds is 5. The average Bonchev–Trinajstić information content (AvgIpc) is 3.45. The Kier molecular flexibility index (Phi) is 5.04. The Morgan fingerprint density at radius 3 is 2.63 bits per heavy atom. The summed E-state index contributed by atoms with van der Waals surface area (Å²) < 4.78 is 16.9. The van der Waals surface area contributed by atoms with Crippen LogP contribution in [0.4, 0.5) is 4.39 Å². The molecule has 2 aromatic heterocycles. The van der Waals surface area contributed by atoms with Crippen molar-refractivity contribution >= 4 is 22.7 Å². The van der Waals surface area contributed by atoms with E-state index in [0.717, 1.165) is 18.0 Å². The minimum Gasteiger partial charge on any atom is -0.268 e. The molecule has 1 fully saturated rings. The molecule has 1 saturated carbocycles. The number of aromatic nitrogens is 6. The fourth-order valence-electron chi connectivity index (χ4n) is 3.92. The van der Waals surface area contributed by atoms with E-state index in [9.17, 15) is 9.18 Å². The number of benzene rings is 2. The molecule has 1 aliphatic rings. The molecule has 0 aliphatic heterocycles. The fourth-order valence-corrected chi connectivity index (χ4v) is 4.78. The van der Waals surface area contributed by atoms with Gasteiger partial charge in [0.1, 0.15) is 11.6 Å². The van der Waals surface area contributed by atoms with Crippen molar-refractivity contribution in [1.82, 2.24) is 29.8 Å². The van der Waals surface area contributed by atoms with E-state index in [1.807, 2.05) is 22.9 Å². The quantitative estimate of drug-likeness (QED) is 0.454. The van der Waals surface area contributed by atoms with Crippen LogP contribution in [0.25, 0.3) is 16.6 Å². The third-order valence-electron chi connectivity index (χ3n) is 5.39. The topological polar surface area (TPSA) is 78.5 Å². The zero-order valence-corrected chi connectivity index (χ0v) is 16.9. The first kappa shape index (κ1) is 18.9.